The second kappa shape index (κ2) is 5.85. The first-order chi connectivity index (χ1) is 9.10. The zero-order valence-corrected chi connectivity index (χ0v) is 11.4. The third-order valence-corrected chi connectivity index (χ3v) is 3.12. The minimum atomic E-state index is -0.256. The van der Waals surface area contributed by atoms with Crippen LogP contribution in [0, 0.1) is 12.7 Å². The molecule has 0 amide bonds. The topological polar surface area (TPSA) is 21.3 Å². The molecule has 2 rings (SSSR count). The lowest BCUT2D eigenvalue weighted by atomic mass is 10.1. The molecule has 0 aromatic heterocycles. The fraction of sp³-hybridized carbons (Fsp3) is 0.250. The maximum Gasteiger partial charge on any atom is 0.132 e. The molecule has 2 aromatic carbocycles. The SMILES string of the molecule is CNC(C)c1cc(F)ccc1Oc1ccc(C)cc1. The first-order valence-corrected chi connectivity index (χ1v) is 6.31. The summed E-state index contributed by atoms with van der Waals surface area (Å²) < 4.78 is 19.2. The largest absolute Gasteiger partial charge is 0.457 e. The van der Waals surface area contributed by atoms with Gasteiger partial charge in [0.15, 0.2) is 0 Å². The van der Waals surface area contributed by atoms with E-state index in [1.165, 1.54) is 17.7 Å². The van der Waals surface area contributed by atoms with Crippen molar-refractivity contribution in [3.63, 3.8) is 0 Å². The predicted molar refractivity (Wildman–Crippen MR) is 75.1 cm³/mol. The molecule has 0 saturated carbocycles. The zero-order valence-electron chi connectivity index (χ0n) is 11.4. The highest BCUT2D eigenvalue weighted by molar-refractivity contribution is 5.40. The summed E-state index contributed by atoms with van der Waals surface area (Å²) in [5.41, 5.74) is 1.98. The molecule has 1 atom stereocenters. The molecule has 0 aliphatic heterocycles. The Kier molecular flexibility index (Phi) is 4.17. The molecule has 0 radical (unpaired) electrons. The Hall–Kier alpha value is -1.87. The third kappa shape index (κ3) is 3.32. The molecule has 2 aromatic rings. The van der Waals surface area contributed by atoms with Crippen LogP contribution in [0.4, 0.5) is 4.39 Å². The molecule has 0 spiro atoms. The lowest BCUT2D eigenvalue weighted by Crippen LogP contribution is -2.13. The van der Waals surface area contributed by atoms with Crippen molar-refractivity contribution in [3.05, 3.63) is 59.4 Å². The van der Waals surface area contributed by atoms with Gasteiger partial charge in [-0.25, -0.2) is 4.39 Å². The van der Waals surface area contributed by atoms with Crippen LogP contribution in [0.1, 0.15) is 24.1 Å². The summed E-state index contributed by atoms with van der Waals surface area (Å²) in [6, 6.07) is 12.4. The van der Waals surface area contributed by atoms with E-state index in [4.69, 9.17) is 4.74 Å². The first kappa shape index (κ1) is 13.6. The Morgan fingerprint density at radius 1 is 1.11 bits per heavy atom. The molecule has 1 unspecified atom stereocenters. The van der Waals surface area contributed by atoms with E-state index in [9.17, 15) is 4.39 Å². The number of ether oxygens (including phenoxy) is 1. The molecular weight excluding hydrogens is 241 g/mol. The highest BCUT2D eigenvalue weighted by Crippen LogP contribution is 2.30. The van der Waals surface area contributed by atoms with E-state index in [1.807, 2.05) is 45.2 Å². The zero-order chi connectivity index (χ0) is 13.8. The first-order valence-electron chi connectivity index (χ1n) is 6.31. The fourth-order valence-corrected chi connectivity index (χ4v) is 1.84. The smallest absolute Gasteiger partial charge is 0.132 e. The van der Waals surface area contributed by atoms with Crippen molar-refractivity contribution in [1.82, 2.24) is 5.32 Å². The van der Waals surface area contributed by atoms with Gasteiger partial charge < -0.3 is 10.1 Å². The molecule has 100 valence electrons. The molecule has 0 fully saturated rings. The summed E-state index contributed by atoms with van der Waals surface area (Å²) >= 11 is 0. The van der Waals surface area contributed by atoms with Gasteiger partial charge in [0.25, 0.3) is 0 Å². The number of hydrogen-bond donors (Lipinski definition) is 1. The molecule has 0 aliphatic rings. The highest BCUT2D eigenvalue weighted by Gasteiger charge is 2.12. The highest BCUT2D eigenvalue weighted by atomic mass is 19.1. The lowest BCUT2D eigenvalue weighted by molar-refractivity contribution is 0.463. The maximum absolute atomic E-state index is 13.4. The quantitative estimate of drug-likeness (QED) is 0.888. The van der Waals surface area contributed by atoms with Crippen molar-refractivity contribution < 1.29 is 9.13 Å². The van der Waals surface area contributed by atoms with Gasteiger partial charge in [-0.1, -0.05) is 17.7 Å². The van der Waals surface area contributed by atoms with Gasteiger partial charge >= 0.3 is 0 Å². The van der Waals surface area contributed by atoms with Crippen molar-refractivity contribution in [2.24, 2.45) is 0 Å². The van der Waals surface area contributed by atoms with Gasteiger partial charge in [0.05, 0.1) is 0 Å². The number of rotatable bonds is 4. The van der Waals surface area contributed by atoms with E-state index >= 15 is 0 Å². The number of hydrogen-bond acceptors (Lipinski definition) is 2. The maximum atomic E-state index is 13.4. The van der Waals surface area contributed by atoms with Crippen LogP contribution in [0.2, 0.25) is 0 Å². The van der Waals surface area contributed by atoms with Gasteiger partial charge in [0.2, 0.25) is 0 Å². The molecule has 19 heavy (non-hydrogen) atoms. The number of aryl methyl sites for hydroxylation is 1. The van der Waals surface area contributed by atoms with E-state index in [0.717, 1.165) is 11.3 Å². The number of benzene rings is 2. The average molecular weight is 259 g/mol. The molecule has 0 saturated heterocycles. The second-order valence-corrected chi connectivity index (χ2v) is 4.61. The second-order valence-electron chi connectivity index (χ2n) is 4.61. The van der Waals surface area contributed by atoms with Crippen LogP contribution in [-0.4, -0.2) is 7.05 Å². The molecule has 0 bridgehead atoms. The fourth-order valence-electron chi connectivity index (χ4n) is 1.84. The van der Waals surface area contributed by atoms with Crippen LogP contribution < -0.4 is 10.1 Å². The summed E-state index contributed by atoms with van der Waals surface area (Å²) in [7, 11) is 1.84. The van der Waals surface area contributed by atoms with E-state index in [-0.39, 0.29) is 11.9 Å². The number of halogens is 1. The van der Waals surface area contributed by atoms with Gasteiger partial charge in [-0.3, -0.25) is 0 Å². The normalized spacial score (nSPS) is 12.2. The van der Waals surface area contributed by atoms with E-state index < -0.39 is 0 Å². The van der Waals surface area contributed by atoms with Crippen molar-refractivity contribution >= 4 is 0 Å². The van der Waals surface area contributed by atoms with E-state index in [0.29, 0.717) is 5.75 Å². The molecule has 1 N–H and O–H groups in total. The van der Waals surface area contributed by atoms with Gasteiger partial charge in [0, 0.05) is 11.6 Å². The van der Waals surface area contributed by atoms with Crippen LogP contribution in [0.15, 0.2) is 42.5 Å². The number of nitrogens with one attached hydrogen (secondary N) is 1. The predicted octanol–water partition coefficient (Wildman–Crippen LogP) is 4.21. The Labute approximate surface area is 113 Å². The molecule has 3 heteroatoms. The van der Waals surface area contributed by atoms with E-state index in [2.05, 4.69) is 5.32 Å². The third-order valence-electron chi connectivity index (χ3n) is 3.12. The Morgan fingerprint density at radius 3 is 2.42 bits per heavy atom. The van der Waals surface area contributed by atoms with Crippen molar-refractivity contribution in [3.8, 4) is 11.5 Å². The average Bonchev–Trinajstić information content (AvgIpc) is 2.42. The van der Waals surface area contributed by atoms with Crippen molar-refractivity contribution in [2.45, 2.75) is 19.9 Å². The Balaban J connectivity index is 2.31. The standard InChI is InChI=1S/C16H18FNO/c1-11-4-7-14(8-5-11)19-16-9-6-13(17)10-15(16)12(2)18-3/h4-10,12,18H,1-3H3. The molecule has 0 aliphatic carbocycles. The van der Waals surface area contributed by atoms with E-state index in [1.54, 1.807) is 6.07 Å². The Morgan fingerprint density at radius 2 is 1.79 bits per heavy atom. The van der Waals surface area contributed by atoms with Gasteiger partial charge in [0.1, 0.15) is 17.3 Å². The summed E-state index contributed by atoms with van der Waals surface area (Å²) in [5, 5.41) is 3.10. The summed E-state index contributed by atoms with van der Waals surface area (Å²) in [5.74, 6) is 1.17. The molecule has 0 heterocycles. The van der Waals surface area contributed by atoms with Crippen LogP contribution >= 0.6 is 0 Å². The lowest BCUT2D eigenvalue weighted by Gasteiger charge is -2.16. The van der Waals surface area contributed by atoms with Crippen LogP contribution in [0.3, 0.4) is 0 Å². The summed E-state index contributed by atoms with van der Waals surface area (Å²) in [4.78, 5) is 0. The monoisotopic (exact) mass is 259 g/mol. The molecule has 2 nitrogen and oxygen atoms in total. The summed E-state index contributed by atoms with van der Waals surface area (Å²) in [6.45, 7) is 3.99. The van der Waals surface area contributed by atoms with Gasteiger partial charge in [-0.15, -0.1) is 0 Å². The van der Waals surface area contributed by atoms with Gasteiger partial charge in [-0.2, -0.15) is 0 Å². The van der Waals surface area contributed by atoms with Crippen molar-refractivity contribution in [2.75, 3.05) is 7.05 Å². The van der Waals surface area contributed by atoms with Crippen LogP contribution in [0.5, 0.6) is 11.5 Å². The Bertz CT molecular complexity index is 551. The molecular formula is C16H18FNO. The summed E-state index contributed by atoms with van der Waals surface area (Å²) in [6.07, 6.45) is 0. The minimum Gasteiger partial charge on any atom is -0.457 e. The van der Waals surface area contributed by atoms with Crippen LogP contribution in [-0.2, 0) is 0 Å². The van der Waals surface area contributed by atoms with Crippen LogP contribution in [0.25, 0.3) is 0 Å². The van der Waals surface area contributed by atoms with Crippen molar-refractivity contribution in [1.29, 1.82) is 0 Å². The minimum absolute atomic E-state index is 0.0242. The van der Waals surface area contributed by atoms with Gasteiger partial charge in [-0.05, 0) is 51.2 Å².